The van der Waals surface area contributed by atoms with Crippen molar-refractivity contribution in [2.75, 3.05) is 13.1 Å². The molecule has 152 valence electrons. The molecule has 0 bridgehead atoms. The van der Waals surface area contributed by atoms with Gasteiger partial charge in [0.2, 0.25) is 0 Å². The number of imide groups is 1. The van der Waals surface area contributed by atoms with Crippen LogP contribution in [0.2, 0.25) is 10.0 Å². The third-order valence-electron chi connectivity index (χ3n) is 5.15. The van der Waals surface area contributed by atoms with Gasteiger partial charge in [-0.2, -0.15) is 0 Å². The van der Waals surface area contributed by atoms with Crippen LogP contribution in [-0.4, -0.2) is 47.5 Å². The van der Waals surface area contributed by atoms with Gasteiger partial charge in [-0.3, -0.25) is 14.5 Å². The van der Waals surface area contributed by atoms with E-state index in [1.165, 1.54) is 4.90 Å². The summed E-state index contributed by atoms with van der Waals surface area (Å²) in [5.41, 5.74) is -0.696. The Hall–Kier alpha value is -1.99. The van der Waals surface area contributed by atoms with Gasteiger partial charge in [-0.05, 0) is 38.3 Å². The lowest BCUT2D eigenvalue weighted by Crippen LogP contribution is -2.44. The van der Waals surface area contributed by atoms with E-state index >= 15 is 0 Å². The third-order valence-corrected chi connectivity index (χ3v) is 5.95. The SMILES string of the molecule is CC(Oc1cccc(Cl)c1Cl)C(=O)NCCCN1C(=O)NC2(CCCC2)C1=O. The molecule has 1 aromatic rings. The highest BCUT2D eigenvalue weighted by Gasteiger charge is 2.51. The number of halogens is 2. The molecule has 1 heterocycles. The zero-order valence-corrected chi connectivity index (χ0v) is 17.1. The van der Waals surface area contributed by atoms with Crippen molar-refractivity contribution in [3.05, 3.63) is 28.2 Å². The van der Waals surface area contributed by atoms with E-state index in [1.54, 1.807) is 25.1 Å². The van der Waals surface area contributed by atoms with Crippen molar-refractivity contribution in [3.8, 4) is 5.75 Å². The highest BCUT2D eigenvalue weighted by Crippen LogP contribution is 2.35. The van der Waals surface area contributed by atoms with Crippen molar-refractivity contribution in [2.45, 2.75) is 50.7 Å². The quantitative estimate of drug-likeness (QED) is 0.516. The van der Waals surface area contributed by atoms with Gasteiger partial charge in [0, 0.05) is 13.1 Å². The van der Waals surface area contributed by atoms with Crippen LogP contribution in [0.1, 0.15) is 39.0 Å². The number of ether oxygens (including phenoxy) is 1. The lowest BCUT2D eigenvalue weighted by molar-refractivity contribution is -0.131. The molecule has 3 rings (SSSR count). The van der Waals surface area contributed by atoms with Gasteiger partial charge in [-0.1, -0.05) is 42.1 Å². The van der Waals surface area contributed by atoms with Gasteiger partial charge >= 0.3 is 6.03 Å². The molecule has 9 heteroatoms. The van der Waals surface area contributed by atoms with Gasteiger partial charge in [0.05, 0.1) is 5.02 Å². The number of nitrogens with zero attached hydrogens (tertiary/aromatic N) is 1. The van der Waals surface area contributed by atoms with E-state index in [-0.39, 0.29) is 29.4 Å². The fourth-order valence-corrected chi connectivity index (χ4v) is 3.94. The maximum absolute atomic E-state index is 12.6. The van der Waals surface area contributed by atoms with Crippen LogP contribution in [0.3, 0.4) is 0 Å². The largest absolute Gasteiger partial charge is 0.479 e. The molecule has 1 aliphatic carbocycles. The van der Waals surface area contributed by atoms with E-state index in [4.69, 9.17) is 27.9 Å². The molecule has 2 N–H and O–H groups in total. The monoisotopic (exact) mass is 427 g/mol. The minimum atomic E-state index is -0.769. The molecular formula is C19H23Cl2N3O4. The molecule has 28 heavy (non-hydrogen) atoms. The first-order valence-corrected chi connectivity index (χ1v) is 10.1. The Kier molecular flexibility index (Phi) is 6.35. The van der Waals surface area contributed by atoms with E-state index in [0.717, 1.165) is 12.8 Å². The van der Waals surface area contributed by atoms with Crippen molar-refractivity contribution < 1.29 is 19.1 Å². The Morgan fingerprint density at radius 2 is 2.04 bits per heavy atom. The van der Waals surface area contributed by atoms with E-state index < -0.39 is 11.6 Å². The Balaban J connectivity index is 1.43. The molecule has 1 atom stereocenters. The second kappa shape index (κ2) is 8.57. The fraction of sp³-hybridized carbons (Fsp3) is 0.526. The van der Waals surface area contributed by atoms with Crippen LogP contribution in [0.15, 0.2) is 18.2 Å². The van der Waals surface area contributed by atoms with Crippen LogP contribution in [0.5, 0.6) is 5.75 Å². The van der Waals surface area contributed by atoms with Crippen molar-refractivity contribution in [2.24, 2.45) is 0 Å². The summed E-state index contributed by atoms with van der Waals surface area (Å²) in [5, 5.41) is 6.18. The average molecular weight is 428 g/mol. The molecule has 0 radical (unpaired) electrons. The summed E-state index contributed by atoms with van der Waals surface area (Å²) >= 11 is 12.0. The Morgan fingerprint density at radius 3 is 2.75 bits per heavy atom. The van der Waals surface area contributed by atoms with Gasteiger partial charge in [-0.25, -0.2) is 4.79 Å². The predicted octanol–water partition coefficient (Wildman–Crippen LogP) is 3.13. The van der Waals surface area contributed by atoms with Crippen LogP contribution in [0, 0.1) is 0 Å². The zero-order chi connectivity index (χ0) is 20.3. The number of carbonyl (C=O) groups is 3. The average Bonchev–Trinajstić information content (AvgIpc) is 3.22. The lowest BCUT2D eigenvalue weighted by Gasteiger charge is -2.20. The van der Waals surface area contributed by atoms with Crippen molar-refractivity contribution in [1.82, 2.24) is 15.5 Å². The molecule has 1 aromatic carbocycles. The first-order valence-electron chi connectivity index (χ1n) is 9.36. The zero-order valence-electron chi connectivity index (χ0n) is 15.6. The van der Waals surface area contributed by atoms with E-state index in [2.05, 4.69) is 10.6 Å². The minimum absolute atomic E-state index is 0.145. The minimum Gasteiger partial charge on any atom is -0.479 e. The topological polar surface area (TPSA) is 87.7 Å². The maximum atomic E-state index is 12.6. The van der Waals surface area contributed by atoms with Crippen molar-refractivity contribution in [1.29, 1.82) is 0 Å². The van der Waals surface area contributed by atoms with E-state index in [0.29, 0.717) is 36.6 Å². The summed E-state index contributed by atoms with van der Waals surface area (Å²) in [6.45, 7) is 2.19. The molecule has 1 spiro atoms. The molecule has 4 amide bonds. The number of benzene rings is 1. The molecule has 0 aromatic heterocycles. The summed E-state index contributed by atoms with van der Waals surface area (Å²) in [7, 11) is 0. The number of rotatable bonds is 7. The van der Waals surface area contributed by atoms with Gasteiger partial charge in [0.25, 0.3) is 11.8 Å². The van der Waals surface area contributed by atoms with E-state index in [9.17, 15) is 14.4 Å². The predicted molar refractivity (Wildman–Crippen MR) is 106 cm³/mol. The van der Waals surface area contributed by atoms with Crippen LogP contribution in [0.4, 0.5) is 4.79 Å². The van der Waals surface area contributed by atoms with Crippen LogP contribution in [0.25, 0.3) is 0 Å². The Morgan fingerprint density at radius 1 is 1.32 bits per heavy atom. The molecule has 1 saturated heterocycles. The summed E-state index contributed by atoms with van der Waals surface area (Å²) in [6.07, 6.45) is 2.99. The highest BCUT2D eigenvalue weighted by molar-refractivity contribution is 6.42. The van der Waals surface area contributed by atoms with Crippen molar-refractivity contribution in [3.63, 3.8) is 0 Å². The number of amides is 4. The van der Waals surface area contributed by atoms with Gasteiger partial charge in [0.1, 0.15) is 16.3 Å². The number of nitrogens with one attached hydrogen (secondary N) is 2. The standard InChI is InChI=1S/C19H23Cl2N3O4/c1-12(28-14-7-4-6-13(20)15(14)21)16(25)22-10-5-11-24-17(26)19(23-18(24)27)8-2-3-9-19/h4,6-7,12H,2-3,5,8-11H2,1H3,(H,22,25)(H,23,27). The summed E-state index contributed by atoms with van der Waals surface area (Å²) in [4.78, 5) is 38.1. The fourth-order valence-electron chi connectivity index (χ4n) is 3.61. The first-order chi connectivity index (χ1) is 13.3. The maximum Gasteiger partial charge on any atom is 0.325 e. The molecule has 1 saturated carbocycles. The van der Waals surface area contributed by atoms with E-state index in [1.807, 2.05) is 0 Å². The van der Waals surface area contributed by atoms with Crippen molar-refractivity contribution >= 4 is 41.0 Å². The first kappa shape index (κ1) is 20.7. The lowest BCUT2D eigenvalue weighted by atomic mass is 9.98. The molecule has 2 aliphatic rings. The second-order valence-electron chi connectivity index (χ2n) is 7.13. The van der Waals surface area contributed by atoms with Gasteiger partial charge in [0.15, 0.2) is 6.10 Å². The number of carbonyl (C=O) groups excluding carboxylic acids is 3. The number of urea groups is 1. The normalized spacial score (nSPS) is 19.0. The Bertz CT molecular complexity index is 780. The molecule has 1 unspecified atom stereocenters. The Labute approximate surface area is 173 Å². The molecule has 1 aliphatic heterocycles. The molecule has 7 nitrogen and oxygen atoms in total. The second-order valence-corrected chi connectivity index (χ2v) is 7.92. The van der Waals surface area contributed by atoms with Gasteiger partial charge < -0.3 is 15.4 Å². The molecular weight excluding hydrogens is 405 g/mol. The van der Waals surface area contributed by atoms with Gasteiger partial charge in [-0.15, -0.1) is 0 Å². The van der Waals surface area contributed by atoms with Crippen LogP contribution >= 0.6 is 23.2 Å². The summed E-state index contributed by atoms with van der Waals surface area (Å²) < 4.78 is 5.56. The number of hydrogen-bond acceptors (Lipinski definition) is 4. The number of hydrogen-bond donors (Lipinski definition) is 2. The summed E-state index contributed by atoms with van der Waals surface area (Å²) in [6, 6.07) is 4.61. The van der Waals surface area contributed by atoms with Crippen LogP contribution in [-0.2, 0) is 9.59 Å². The summed E-state index contributed by atoms with van der Waals surface area (Å²) in [5.74, 6) is -0.132. The highest BCUT2D eigenvalue weighted by atomic mass is 35.5. The molecule has 2 fully saturated rings. The third kappa shape index (κ3) is 4.20. The van der Waals surface area contributed by atoms with Crippen LogP contribution < -0.4 is 15.4 Å². The smallest absolute Gasteiger partial charge is 0.325 e.